The summed E-state index contributed by atoms with van der Waals surface area (Å²) in [4.78, 5) is 1.25. The predicted octanol–water partition coefficient (Wildman–Crippen LogP) is 2.57. The summed E-state index contributed by atoms with van der Waals surface area (Å²) in [6, 6.07) is 8.55. The maximum absolute atomic E-state index is 8.66. The number of benzene rings is 1. The van der Waals surface area contributed by atoms with Gasteiger partial charge in [0.05, 0.1) is 0 Å². The van der Waals surface area contributed by atoms with E-state index in [1.807, 2.05) is 0 Å². The van der Waals surface area contributed by atoms with Crippen molar-refractivity contribution < 1.29 is 5.11 Å². The van der Waals surface area contributed by atoms with Gasteiger partial charge in [0.25, 0.3) is 0 Å². The van der Waals surface area contributed by atoms with Crippen LogP contribution in [-0.2, 0) is 0 Å². The Labute approximate surface area is 95.9 Å². The van der Waals surface area contributed by atoms with E-state index < -0.39 is 0 Å². The van der Waals surface area contributed by atoms with Gasteiger partial charge in [0.1, 0.15) is 0 Å². The Balaban J connectivity index is 2.49. The molecule has 0 spiro atoms. The van der Waals surface area contributed by atoms with Crippen LogP contribution in [0.25, 0.3) is 0 Å². The number of hydrogen-bond acceptors (Lipinski definition) is 3. The molecule has 0 radical (unpaired) electrons. The van der Waals surface area contributed by atoms with Crippen molar-refractivity contribution in [1.29, 1.82) is 0 Å². The van der Waals surface area contributed by atoms with E-state index >= 15 is 0 Å². The van der Waals surface area contributed by atoms with Crippen LogP contribution in [0.4, 0.5) is 0 Å². The molecule has 0 heterocycles. The van der Waals surface area contributed by atoms with Crippen LogP contribution < -0.4 is 5.73 Å². The molecular weight excluding hydrogens is 206 g/mol. The molecule has 0 saturated carbocycles. The van der Waals surface area contributed by atoms with Crippen molar-refractivity contribution in [3.63, 3.8) is 0 Å². The van der Waals surface area contributed by atoms with Gasteiger partial charge < -0.3 is 10.8 Å². The third-order valence-electron chi connectivity index (χ3n) is 2.32. The first-order valence-electron chi connectivity index (χ1n) is 5.37. The van der Waals surface area contributed by atoms with Gasteiger partial charge in [-0.25, -0.2) is 0 Å². The van der Waals surface area contributed by atoms with Crippen LogP contribution >= 0.6 is 11.8 Å². The van der Waals surface area contributed by atoms with E-state index in [4.69, 9.17) is 10.8 Å². The molecule has 0 aliphatic carbocycles. The molecule has 0 unspecified atom stereocenters. The molecule has 0 aliphatic heterocycles. The van der Waals surface area contributed by atoms with Gasteiger partial charge in [-0.3, -0.25) is 0 Å². The molecular formula is C12H19NOS. The van der Waals surface area contributed by atoms with Crippen molar-refractivity contribution in [1.82, 2.24) is 0 Å². The van der Waals surface area contributed by atoms with Crippen molar-refractivity contribution in [2.75, 3.05) is 12.4 Å². The molecule has 3 heteroatoms. The number of aliphatic hydroxyl groups excluding tert-OH is 1. The SMILES string of the molecule is CC[C@H](N)c1ccc(SCCCO)cc1. The fourth-order valence-electron chi connectivity index (χ4n) is 1.30. The molecule has 1 aromatic carbocycles. The van der Waals surface area contributed by atoms with E-state index in [1.165, 1.54) is 10.5 Å². The Kier molecular flexibility index (Phi) is 5.76. The molecule has 84 valence electrons. The van der Waals surface area contributed by atoms with Crippen LogP contribution in [0.3, 0.4) is 0 Å². The van der Waals surface area contributed by atoms with Crippen LogP contribution in [-0.4, -0.2) is 17.5 Å². The van der Waals surface area contributed by atoms with Gasteiger partial charge in [0.15, 0.2) is 0 Å². The average Bonchev–Trinajstić information content (AvgIpc) is 2.29. The Bertz CT molecular complexity index is 273. The first-order valence-corrected chi connectivity index (χ1v) is 6.35. The highest BCUT2D eigenvalue weighted by Gasteiger charge is 2.02. The minimum atomic E-state index is 0.154. The lowest BCUT2D eigenvalue weighted by molar-refractivity contribution is 0.296. The summed E-state index contributed by atoms with van der Waals surface area (Å²) in [5, 5.41) is 8.66. The van der Waals surface area contributed by atoms with E-state index in [9.17, 15) is 0 Å². The van der Waals surface area contributed by atoms with Crippen molar-refractivity contribution >= 4 is 11.8 Å². The highest BCUT2D eigenvalue weighted by Crippen LogP contribution is 2.21. The van der Waals surface area contributed by atoms with Gasteiger partial charge in [-0.1, -0.05) is 19.1 Å². The zero-order valence-corrected chi connectivity index (χ0v) is 9.96. The van der Waals surface area contributed by atoms with Crippen LogP contribution in [0.15, 0.2) is 29.2 Å². The second kappa shape index (κ2) is 6.88. The first-order chi connectivity index (χ1) is 7.27. The van der Waals surface area contributed by atoms with Gasteiger partial charge in [0, 0.05) is 23.3 Å². The van der Waals surface area contributed by atoms with Gasteiger partial charge in [0.2, 0.25) is 0 Å². The average molecular weight is 225 g/mol. The van der Waals surface area contributed by atoms with Gasteiger partial charge in [-0.2, -0.15) is 0 Å². The topological polar surface area (TPSA) is 46.2 Å². The van der Waals surface area contributed by atoms with Crippen molar-refractivity contribution in [2.45, 2.75) is 30.7 Å². The third kappa shape index (κ3) is 4.24. The van der Waals surface area contributed by atoms with Crippen LogP contribution in [0.2, 0.25) is 0 Å². The fourth-order valence-corrected chi connectivity index (χ4v) is 2.14. The normalized spacial score (nSPS) is 12.7. The zero-order valence-electron chi connectivity index (χ0n) is 9.15. The summed E-state index contributed by atoms with van der Waals surface area (Å²) < 4.78 is 0. The second-order valence-electron chi connectivity index (χ2n) is 3.51. The quantitative estimate of drug-likeness (QED) is 0.578. The van der Waals surface area contributed by atoms with Gasteiger partial charge >= 0.3 is 0 Å². The molecule has 1 atom stereocenters. The molecule has 1 rings (SSSR count). The lowest BCUT2D eigenvalue weighted by atomic mass is 10.1. The van der Waals surface area contributed by atoms with Gasteiger partial charge in [-0.15, -0.1) is 11.8 Å². The van der Waals surface area contributed by atoms with Crippen LogP contribution in [0.5, 0.6) is 0 Å². The van der Waals surface area contributed by atoms with E-state index in [1.54, 1.807) is 11.8 Å². The second-order valence-corrected chi connectivity index (χ2v) is 4.68. The van der Waals surface area contributed by atoms with E-state index in [-0.39, 0.29) is 12.6 Å². The molecule has 0 aliphatic rings. The first kappa shape index (κ1) is 12.6. The van der Waals surface area contributed by atoms with Crippen molar-refractivity contribution in [3.8, 4) is 0 Å². The predicted molar refractivity (Wildman–Crippen MR) is 66.1 cm³/mol. The van der Waals surface area contributed by atoms with Gasteiger partial charge in [-0.05, 0) is 30.5 Å². The largest absolute Gasteiger partial charge is 0.396 e. The molecule has 0 fully saturated rings. The van der Waals surface area contributed by atoms with Crippen LogP contribution in [0.1, 0.15) is 31.4 Å². The summed E-state index contributed by atoms with van der Waals surface area (Å²) in [7, 11) is 0. The van der Waals surface area contributed by atoms with E-state index in [0.29, 0.717) is 0 Å². The highest BCUT2D eigenvalue weighted by atomic mass is 32.2. The summed E-state index contributed by atoms with van der Waals surface area (Å²) in [6.07, 6.45) is 1.82. The third-order valence-corrected chi connectivity index (χ3v) is 3.42. The lowest BCUT2D eigenvalue weighted by Gasteiger charge is -2.09. The molecule has 1 aromatic rings. The smallest absolute Gasteiger partial charge is 0.0439 e. The molecule has 0 bridgehead atoms. The molecule has 3 N–H and O–H groups in total. The van der Waals surface area contributed by atoms with E-state index in [0.717, 1.165) is 18.6 Å². The highest BCUT2D eigenvalue weighted by molar-refractivity contribution is 7.99. The Morgan fingerprint density at radius 1 is 1.33 bits per heavy atom. The number of thioether (sulfide) groups is 1. The fraction of sp³-hybridized carbons (Fsp3) is 0.500. The zero-order chi connectivity index (χ0) is 11.1. The minimum Gasteiger partial charge on any atom is -0.396 e. The van der Waals surface area contributed by atoms with E-state index in [2.05, 4.69) is 31.2 Å². The Morgan fingerprint density at radius 3 is 2.53 bits per heavy atom. The maximum atomic E-state index is 8.66. The monoisotopic (exact) mass is 225 g/mol. The summed E-state index contributed by atoms with van der Waals surface area (Å²) >= 11 is 1.77. The Hall–Kier alpha value is -0.510. The Morgan fingerprint density at radius 2 is 2.00 bits per heavy atom. The standard InChI is InChI=1S/C12H19NOS/c1-2-12(13)10-4-6-11(7-5-10)15-9-3-8-14/h4-7,12,14H,2-3,8-9,13H2,1H3/t12-/m0/s1. The van der Waals surface area contributed by atoms with Crippen molar-refractivity contribution in [3.05, 3.63) is 29.8 Å². The lowest BCUT2D eigenvalue weighted by Crippen LogP contribution is -2.07. The molecule has 15 heavy (non-hydrogen) atoms. The van der Waals surface area contributed by atoms with Crippen molar-refractivity contribution in [2.24, 2.45) is 5.73 Å². The molecule has 2 nitrogen and oxygen atoms in total. The summed E-state index contributed by atoms with van der Waals surface area (Å²) in [6.45, 7) is 2.36. The maximum Gasteiger partial charge on any atom is 0.0439 e. The minimum absolute atomic E-state index is 0.154. The summed E-state index contributed by atoms with van der Waals surface area (Å²) in [5.41, 5.74) is 7.12. The van der Waals surface area contributed by atoms with Crippen LogP contribution in [0, 0.1) is 0 Å². The number of nitrogens with two attached hydrogens (primary N) is 1. The number of rotatable bonds is 6. The molecule has 0 aromatic heterocycles. The number of aliphatic hydroxyl groups is 1. The number of hydrogen-bond donors (Lipinski definition) is 2. The summed E-state index contributed by atoms with van der Waals surface area (Å²) in [5.74, 6) is 0.968. The molecule has 0 saturated heterocycles. The molecule has 0 amide bonds.